The summed E-state index contributed by atoms with van der Waals surface area (Å²) < 4.78 is 5.40. The Morgan fingerprint density at radius 1 is 1.19 bits per heavy atom. The molecule has 0 saturated carbocycles. The lowest BCUT2D eigenvalue weighted by Gasteiger charge is -2.31. The van der Waals surface area contributed by atoms with Crippen molar-refractivity contribution in [1.82, 2.24) is 15.5 Å². The maximum atomic E-state index is 5.40. The van der Waals surface area contributed by atoms with E-state index in [1.807, 2.05) is 19.2 Å². The molecule has 1 aliphatic rings. The molecule has 5 nitrogen and oxygen atoms in total. The average Bonchev–Trinajstić information content (AvgIpc) is 2.67. The van der Waals surface area contributed by atoms with Crippen LogP contribution in [0.4, 0.5) is 0 Å². The number of aliphatic imine (C=N–C) groups is 1. The minimum atomic E-state index is 0. The smallest absolute Gasteiger partial charge is 0.190 e. The topological polar surface area (TPSA) is 48.9 Å². The fraction of sp³-hybridized carbons (Fsp3) is 0.650. The van der Waals surface area contributed by atoms with E-state index in [4.69, 9.17) is 4.74 Å². The number of guanidine groups is 1. The van der Waals surface area contributed by atoms with Crippen LogP contribution in [0.2, 0.25) is 0 Å². The largest absolute Gasteiger partial charge is 0.496 e. The van der Waals surface area contributed by atoms with Crippen molar-refractivity contribution >= 4 is 29.9 Å². The zero-order valence-corrected chi connectivity index (χ0v) is 18.8. The van der Waals surface area contributed by atoms with Crippen molar-refractivity contribution in [2.45, 2.75) is 32.6 Å². The molecule has 6 heteroatoms. The van der Waals surface area contributed by atoms with E-state index in [0.717, 1.165) is 37.1 Å². The summed E-state index contributed by atoms with van der Waals surface area (Å²) in [4.78, 5) is 6.87. The molecule has 0 spiro atoms. The highest BCUT2D eigenvalue weighted by molar-refractivity contribution is 14.0. The molecule has 1 fully saturated rings. The van der Waals surface area contributed by atoms with Crippen LogP contribution < -0.4 is 15.4 Å². The minimum absolute atomic E-state index is 0. The zero-order chi connectivity index (χ0) is 17.9. The normalized spacial score (nSPS) is 16.0. The highest BCUT2D eigenvalue weighted by Gasteiger charge is 2.17. The molecule has 0 aliphatic carbocycles. The van der Waals surface area contributed by atoms with Crippen molar-refractivity contribution in [3.63, 3.8) is 0 Å². The predicted octanol–water partition coefficient (Wildman–Crippen LogP) is 3.14. The second-order valence-electron chi connectivity index (χ2n) is 6.65. The Hall–Kier alpha value is -1.02. The third kappa shape index (κ3) is 7.70. The van der Waals surface area contributed by atoms with E-state index in [2.05, 4.69) is 39.6 Å². The van der Waals surface area contributed by atoms with Gasteiger partial charge in [0.25, 0.3) is 0 Å². The number of piperidine rings is 1. The van der Waals surface area contributed by atoms with E-state index >= 15 is 0 Å². The van der Waals surface area contributed by atoms with Crippen LogP contribution in [-0.4, -0.2) is 57.7 Å². The fourth-order valence-electron chi connectivity index (χ4n) is 3.43. The third-order valence-electron chi connectivity index (χ3n) is 5.10. The van der Waals surface area contributed by atoms with Crippen LogP contribution in [0.3, 0.4) is 0 Å². The number of para-hydroxylation sites is 1. The molecule has 0 radical (unpaired) electrons. The van der Waals surface area contributed by atoms with E-state index in [1.165, 1.54) is 44.5 Å². The summed E-state index contributed by atoms with van der Waals surface area (Å²) in [5.41, 5.74) is 1.22. The number of ether oxygens (including phenoxy) is 1. The van der Waals surface area contributed by atoms with Crippen LogP contribution in [0.5, 0.6) is 5.75 Å². The number of benzene rings is 1. The van der Waals surface area contributed by atoms with Crippen LogP contribution in [-0.2, 0) is 6.42 Å². The number of hydrogen-bond donors (Lipinski definition) is 2. The monoisotopic (exact) mass is 474 g/mol. The van der Waals surface area contributed by atoms with Crippen molar-refractivity contribution in [3.8, 4) is 5.75 Å². The molecule has 1 aromatic rings. The van der Waals surface area contributed by atoms with Gasteiger partial charge in [0.15, 0.2) is 5.96 Å². The van der Waals surface area contributed by atoms with E-state index in [9.17, 15) is 0 Å². The molecule has 0 bridgehead atoms. The van der Waals surface area contributed by atoms with Gasteiger partial charge in [-0.1, -0.05) is 25.1 Å². The average molecular weight is 474 g/mol. The summed E-state index contributed by atoms with van der Waals surface area (Å²) in [7, 11) is 3.55. The first-order valence-electron chi connectivity index (χ1n) is 9.55. The Morgan fingerprint density at radius 2 is 1.88 bits per heavy atom. The number of methoxy groups -OCH3 is 1. The molecule has 26 heavy (non-hydrogen) atoms. The number of nitrogens with one attached hydrogen (secondary N) is 2. The van der Waals surface area contributed by atoms with Gasteiger partial charge < -0.3 is 20.3 Å². The van der Waals surface area contributed by atoms with Gasteiger partial charge >= 0.3 is 0 Å². The Bertz CT molecular complexity index is 530. The van der Waals surface area contributed by atoms with Crippen LogP contribution in [0.1, 0.15) is 31.7 Å². The molecule has 1 heterocycles. The summed E-state index contributed by atoms with van der Waals surface area (Å²) >= 11 is 0. The quantitative estimate of drug-likeness (QED) is 0.346. The van der Waals surface area contributed by atoms with Gasteiger partial charge in [-0.3, -0.25) is 4.99 Å². The molecule has 1 aromatic carbocycles. The van der Waals surface area contributed by atoms with Gasteiger partial charge in [0.2, 0.25) is 0 Å². The van der Waals surface area contributed by atoms with Crippen molar-refractivity contribution in [2.24, 2.45) is 10.9 Å². The van der Waals surface area contributed by atoms with Gasteiger partial charge in [-0.15, -0.1) is 24.0 Å². The maximum Gasteiger partial charge on any atom is 0.190 e. The molecule has 2 N–H and O–H groups in total. The summed E-state index contributed by atoms with van der Waals surface area (Å²) in [6, 6.07) is 8.17. The molecule has 0 unspecified atom stereocenters. The van der Waals surface area contributed by atoms with Crippen LogP contribution in [0, 0.1) is 5.92 Å². The van der Waals surface area contributed by atoms with Crippen LogP contribution in [0.15, 0.2) is 29.3 Å². The maximum absolute atomic E-state index is 5.40. The van der Waals surface area contributed by atoms with Crippen molar-refractivity contribution in [1.29, 1.82) is 0 Å². The van der Waals surface area contributed by atoms with E-state index in [-0.39, 0.29) is 24.0 Å². The Morgan fingerprint density at radius 3 is 2.54 bits per heavy atom. The van der Waals surface area contributed by atoms with E-state index in [0.29, 0.717) is 0 Å². The first kappa shape index (κ1) is 23.0. The van der Waals surface area contributed by atoms with Gasteiger partial charge in [-0.05, 0) is 62.9 Å². The molecule has 148 valence electrons. The fourth-order valence-corrected chi connectivity index (χ4v) is 3.43. The molecular weight excluding hydrogens is 439 g/mol. The lowest BCUT2D eigenvalue weighted by atomic mass is 9.93. The lowest BCUT2D eigenvalue weighted by Crippen LogP contribution is -2.40. The van der Waals surface area contributed by atoms with Gasteiger partial charge in [0, 0.05) is 20.1 Å². The Labute approximate surface area is 176 Å². The molecule has 0 aromatic heterocycles. The highest BCUT2D eigenvalue weighted by atomic mass is 127. The van der Waals surface area contributed by atoms with E-state index < -0.39 is 0 Å². The van der Waals surface area contributed by atoms with Gasteiger partial charge in [0.05, 0.1) is 7.11 Å². The number of rotatable bonds is 8. The van der Waals surface area contributed by atoms with Crippen molar-refractivity contribution in [3.05, 3.63) is 29.8 Å². The zero-order valence-electron chi connectivity index (χ0n) is 16.5. The van der Waals surface area contributed by atoms with Crippen LogP contribution in [0.25, 0.3) is 0 Å². The number of halogens is 1. The molecule has 0 amide bonds. The summed E-state index contributed by atoms with van der Waals surface area (Å²) in [5, 5.41) is 6.85. The minimum Gasteiger partial charge on any atom is -0.496 e. The third-order valence-corrected chi connectivity index (χ3v) is 5.10. The summed E-state index contributed by atoms with van der Waals surface area (Å²) in [6.45, 7) is 7.79. The first-order chi connectivity index (χ1) is 12.3. The summed E-state index contributed by atoms with van der Waals surface area (Å²) in [6.07, 6.45) is 4.80. The molecule has 2 rings (SSSR count). The number of nitrogens with zero attached hydrogens (tertiary/aromatic N) is 2. The molecule has 1 aliphatic heterocycles. The van der Waals surface area contributed by atoms with Crippen molar-refractivity contribution < 1.29 is 4.74 Å². The van der Waals surface area contributed by atoms with Gasteiger partial charge in [-0.2, -0.15) is 0 Å². The standard InChI is InChI=1S/C20H34N4O.HI/c1-4-24-15-11-17(12-16-24)9-13-22-20(21-2)23-14-10-18-7-5-6-8-19(18)25-3;/h5-8,17H,4,9-16H2,1-3H3,(H2,21,22,23);1H. The Kier molecular flexibility index (Phi) is 11.7. The van der Waals surface area contributed by atoms with Crippen molar-refractivity contribution in [2.75, 3.05) is 46.9 Å². The molecular formula is C20H35IN4O. The Balaban J connectivity index is 0.00000338. The highest BCUT2D eigenvalue weighted by Crippen LogP contribution is 2.19. The lowest BCUT2D eigenvalue weighted by molar-refractivity contribution is 0.187. The SMILES string of the molecule is CCN1CCC(CCNC(=NC)NCCc2ccccc2OC)CC1.I. The van der Waals surface area contributed by atoms with Crippen LogP contribution >= 0.6 is 24.0 Å². The number of likely N-dealkylation sites (tertiary alicyclic amines) is 1. The van der Waals surface area contributed by atoms with E-state index in [1.54, 1.807) is 7.11 Å². The van der Waals surface area contributed by atoms with Gasteiger partial charge in [0.1, 0.15) is 5.75 Å². The predicted molar refractivity (Wildman–Crippen MR) is 121 cm³/mol. The molecule has 0 atom stereocenters. The van der Waals surface area contributed by atoms with Gasteiger partial charge in [-0.25, -0.2) is 0 Å². The first-order valence-corrected chi connectivity index (χ1v) is 9.55. The second-order valence-corrected chi connectivity index (χ2v) is 6.65. The summed E-state index contributed by atoms with van der Waals surface area (Å²) in [5.74, 6) is 2.69. The second kappa shape index (κ2) is 13.2. The molecule has 1 saturated heterocycles. The number of hydrogen-bond acceptors (Lipinski definition) is 3.